The third-order valence-electron chi connectivity index (χ3n) is 18.0. The summed E-state index contributed by atoms with van der Waals surface area (Å²) in [7, 11) is 0. The fraction of sp³-hybridized carbons (Fsp3) is 1.00. The second-order valence-corrected chi connectivity index (χ2v) is 21.5. The normalized spacial score (nSPS) is 59.2. The molecule has 5 saturated carbocycles. The zero-order valence-electron chi connectivity index (χ0n) is 34.5. The van der Waals surface area contributed by atoms with Gasteiger partial charge in [0.25, 0.3) is 0 Å². The van der Waals surface area contributed by atoms with Crippen LogP contribution in [0.25, 0.3) is 0 Å². The van der Waals surface area contributed by atoms with E-state index >= 15 is 0 Å². The number of aliphatic hydroxyl groups excluding tert-OH is 8. The van der Waals surface area contributed by atoms with E-state index in [0.29, 0.717) is 19.3 Å². The first kappa shape index (κ1) is 42.1. The first-order valence-electron chi connectivity index (χ1n) is 21.3. The molecule has 8 fully saturated rings. The smallest absolute Gasteiger partial charge is 0.187 e. The van der Waals surface area contributed by atoms with E-state index in [2.05, 4.69) is 34.6 Å². The van der Waals surface area contributed by atoms with Crippen LogP contribution in [0.2, 0.25) is 0 Å². The molecule has 2 spiro atoms. The third kappa shape index (κ3) is 5.71. The van der Waals surface area contributed by atoms with E-state index in [0.717, 1.165) is 38.5 Å². The van der Waals surface area contributed by atoms with Gasteiger partial charge in [0, 0.05) is 5.92 Å². The van der Waals surface area contributed by atoms with Crippen molar-refractivity contribution in [2.45, 2.75) is 210 Å². The first-order chi connectivity index (χ1) is 25.9. The van der Waals surface area contributed by atoms with Crippen LogP contribution in [-0.4, -0.2) is 150 Å². The second-order valence-electron chi connectivity index (χ2n) is 21.5. The summed E-state index contributed by atoms with van der Waals surface area (Å²) in [5, 5.41) is 98.9. The molecule has 0 aromatic carbocycles. The molecule has 0 aromatic heterocycles. The van der Waals surface area contributed by atoms with Crippen molar-refractivity contribution in [3.63, 3.8) is 0 Å². The quantitative estimate of drug-likeness (QED) is 0.165. The average molecular weight is 799 g/mol. The number of ether oxygens (including phenoxy) is 5. The molecule has 0 amide bonds. The van der Waals surface area contributed by atoms with Crippen LogP contribution in [0.4, 0.5) is 0 Å². The van der Waals surface area contributed by atoms with Crippen LogP contribution < -0.4 is 0 Å². The van der Waals surface area contributed by atoms with Gasteiger partial charge < -0.3 is 69.6 Å². The first-order valence-corrected chi connectivity index (χ1v) is 21.3. The van der Waals surface area contributed by atoms with Gasteiger partial charge in [0.15, 0.2) is 12.6 Å². The highest BCUT2D eigenvalue weighted by molar-refractivity contribution is 5.33. The van der Waals surface area contributed by atoms with Gasteiger partial charge in [-0.3, -0.25) is 0 Å². The summed E-state index contributed by atoms with van der Waals surface area (Å²) in [5.41, 5.74) is -2.75. The average Bonchev–Trinajstić information content (AvgIpc) is 3.47. The monoisotopic (exact) mass is 798 g/mol. The number of hydrogen-bond donors (Lipinski definition) is 9. The molecule has 5 aliphatic carbocycles. The maximum atomic E-state index is 12.4. The molecule has 0 radical (unpaired) electrons. The zero-order chi connectivity index (χ0) is 40.9. The molecule has 3 saturated heterocycles. The summed E-state index contributed by atoms with van der Waals surface area (Å²) in [6, 6.07) is 0. The Balaban J connectivity index is 1.04. The topological polar surface area (TPSA) is 228 Å². The van der Waals surface area contributed by atoms with Crippen molar-refractivity contribution in [2.24, 2.45) is 44.8 Å². The molecule has 3 heterocycles. The molecule has 14 nitrogen and oxygen atoms in total. The van der Waals surface area contributed by atoms with E-state index in [4.69, 9.17) is 23.7 Å². The summed E-state index contributed by atoms with van der Waals surface area (Å²) in [6.45, 7) is 15.6. The van der Waals surface area contributed by atoms with Crippen molar-refractivity contribution in [3.05, 3.63) is 0 Å². The molecule has 9 N–H and O–H groups in total. The lowest BCUT2D eigenvalue weighted by Crippen LogP contribution is -2.66. The molecule has 8 aliphatic rings. The van der Waals surface area contributed by atoms with E-state index in [1.165, 1.54) is 6.92 Å². The standard InChI is InChI=1S/C42H70O14/c1-19-26(46)28(48)30(50)34(52-19)55-31-29(49)27(47)22(17-43)53-35(31)54-24-10-12-42-18-41(42)14-13-38(6)33(40(8)11-9-25(56-40)37(4,5)51)21(45)16-39(38,7)23(41)15-20(44)32(42)36(24,2)3/h19-35,43-51H,9-18H2,1-8H3/t19-,20-,21-,22+,23-,24-,25-,26-,27+,28+,29-,30+,31+,32-,33-,34-,35-,38+,39-,40-,41-,42+/m0/s1. The Bertz CT molecular complexity index is 1490. The molecule has 56 heavy (non-hydrogen) atoms. The predicted molar refractivity (Wildman–Crippen MR) is 198 cm³/mol. The van der Waals surface area contributed by atoms with Crippen LogP contribution in [0.1, 0.15) is 113 Å². The molecule has 0 bridgehead atoms. The number of fused-ring (bicyclic) bond motifs is 2. The Hall–Kier alpha value is -0.560. The number of aliphatic hydroxyl groups is 9. The Labute approximate surface area is 330 Å². The Morgan fingerprint density at radius 2 is 1.39 bits per heavy atom. The highest BCUT2D eigenvalue weighted by Crippen LogP contribution is 2.89. The molecule has 322 valence electrons. The summed E-state index contributed by atoms with van der Waals surface area (Å²) in [6.07, 6.45) is -8.98. The summed E-state index contributed by atoms with van der Waals surface area (Å²) in [4.78, 5) is 0. The van der Waals surface area contributed by atoms with Crippen LogP contribution in [0.15, 0.2) is 0 Å². The van der Waals surface area contributed by atoms with Gasteiger partial charge in [-0.05, 0) is 124 Å². The molecule has 22 atom stereocenters. The number of rotatable bonds is 7. The van der Waals surface area contributed by atoms with Gasteiger partial charge >= 0.3 is 0 Å². The Morgan fingerprint density at radius 3 is 2.04 bits per heavy atom. The highest BCUT2D eigenvalue weighted by Gasteiger charge is 2.85. The largest absolute Gasteiger partial charge is 0.394 e. The van der Waals surface area contributed by atoms with Crippen molar-refractivity contribution in [2.75, 3.05) is 6.61 Å². The van der Waals surface area contributed by atoms with Gasteiger partial charge in [0.1, 0.15) is 42.7 Å². The van der Waals surface area contributed by atoms with Crippen molar-refractivity contribution in [1.82, 2.24) is 0 Å². The molecule has 0 unspecified atom stereocenters. The van der Waals surface area contributed by atoms with E-state index in [-0.39, 0.29) is 45.5 Å². The van der Waals surface area contributed by atoms with Gasteiger partial charge in [0.05, 0.1) is 48.3 Å². The summed E-state index contributed by atoms with van der Waals surface area (Å²) >= 11 is 0. The minimum atomic E-state index is -1.67. The fourth-order valence-electron chi connectivity index (χ4n) is 15.1. The minimum Gasteiger partial charge on any atom is -0.394 e. The van der Waals surface area contributed by atoms with Crippen molar-refractivity contribution >= 4 is 0 Å². The fourth-order valence-corrected chi connectivity index (χ4v) is 15.1. The van der Waals surface area contributed by atoms with Crippen LogP contribution in [0.5, 0.6) is 0 Å². The van der Waals surface area contributed by atoms with Gasteiger partial charge in [-0.25, -0.2) is 0 Å². The molecular weight excluding hydrogens is 728 g/mol. The lowest BCUT2D eigenvalue weighted by molar-refractivity contribution is -0.376. The van der Waals surface area contributed by atoms with Crippen molar-refractivity contribution < 1.29 is 69.6 Å². The Morgan fingerprint density at radius 1 is 0.696 bits per heavy atom. The molecule has 3 aliphatic heterocycles. The lowest BCUT2D eigenvalue weighted by atomic mass is 9.41. The SMILES string of the molecule is C[C@@H]1O[C@@H](O[C@H]2[C@H](O[C@H]3CC[C@]45C[C@]46CC[C@]4(C)[C@@H]([C@]7(C)CC[C@@H](C(C)(C)O)O7)[C@@H](O)C[C@@]4(C)[C@@H]6C[C@H](O)[C@H]5C3(C)C)O[C@H](CO)[C@@H](O)[C@@H]2O)[C@H](O)[C@H](O)[C@H]1O. The van der Waals surface area contributed by atoms with E-state index in [1.807, 2.05) is 0 Å². The minimum absolute atomic E-state index is 0.000889. The molecule has 14 heteroatoms. The van der Waals surface area contributed by atoms with Crippen LogP contribution in [0, 0.1) is 44.8 Å². The van der Waals surface area contributed by atoms with Gasteiger partial charge in [-0.2, -0.15) is 0 Å². The third-order valence-corrected chi connectivity index (χ3v) is 18.0. The molecular formula is C42H70O14. The summed E-state index contributed by atoms with van der Waals surface area (Å²) < 4.78 is 31.2. The van der Waals surface area contributed by atoms with Crippen molar-refractivity contribution in [1.29, 1.82) is 0 Å². The Kier molecular flexibility index (Phi) is 10.1. The van der Waals surface area contributed by atoms with Gasteiger partial charge in [-0.15, -0.1) is 0 Å². The lowest BCUT2D eigenvalue weighted by Gasteiger charge is -2.65. The van der Waals surface area contributed by atoms with Crippen LogP contribution >= 0.6 is 0 Å². The van der Waals surface area contributed by atoms with E-state index in [9.17, 15) is 46.0 Å². The van der Waals surface area contributed by atoms with E-state index in [1.54, 1.807) is 13.8 Å². The zero-order valence-corrected chi connectivity index (χ0v) is 34.5. The maximum Gasteiger partial charge on any atom is 0.187 e. The van der Waals surface area contributed by atoms with Crippen LogP contribution in [0.3, 0.4) is 0 Å². The highest BCUT2D eigenvalue weighted by atomic mass is 16.8. The van der Waals surface area contributed by atoms with Gasteiger partial charge in [0.2, 0.25) is 0 Å². The van der Waals surface area contributed by atoms with E-state index < -0.39 is 103 Å². The summed E-state index contributed by atoms with van der Waals surface area (Å²) in [5.74, 6) is -0.0345. The second kappa shape index (κ2) is 13.5. The van der Waals surface area contributed by atoms with Crippen LogP contribution in [-0.2, 0) is 23.7 Å². The van der Waals surface area contributed by atoms with Crippen molar-refractivity contribution in [3.8, 4) is 0 Å². The predicted octanol–water partition coefficient (Wildman–Crippen LogP) is 1.11. The van der Waals surface area contributed by atoms with Gasteiger partial charge in [-0.1, -0.05) is 27.7 Å². The molecule has 8 rings (SSSR count). The number of hydrogen-bond acceptors (Lipinski definition) is 14. The maximum absolute atomic E-state index is 12.4. The molecule has 0 aromatic rings.